The van der Waals surface area contributed by atoms with Crippen LogP contribution in [0, 0.1) is 0 Å². The van der Waals surface area contributed by atoms with Crippen LogP contribution in [0.3, 0.4) is 0 Å². The molecule has 0 bridgehead atoms. The zero-order valence-electron chi connectivity index (χ0n) is 16.4. The molecule has 1 aromatic carbocycles. The third-order valence-corrected chi connectivity index (χ3v) is 6.16. The number of hydrogen-bond donors (Lipinski definition) is 1. The number of carbonyl (C=O) groups excluding carboxylic acids is 2. The molecule has 3 amide bonds. The molecule has 0 spiro atoms. The molecule has 2 heterocycles. The molecule has 1 saturated carbocycles. The Morgan fingerprint density at radius 3 is 2.21 bits per heavy atom. The largest absolute Gasteiger partial charge is 0.378 e. The van der Waals surface area contributed by atoms with Crippen LogP contribution in [0.25, 0.3) is 0 Å². The zero-order chi connectivity index (χ0) is 19.4. The van der Waals surface area contributed by atoms with Crippen LogP contribution in [0.4, 0.5) is 4.79 Å². The molecule has 2 saturated heterocycles. The number of ether oxygens (including phenoxy) is 1. The standard InChI is InChI=1S/C21H30N4O3/c26-19(22-17-21(6-7-21)18-4-2-1-3-5-18)16-23-8-10-24(11-9-23)20(27)25-12-14-28-15-13-25/h1-5H,6-17H2,(H,22,26). The van der Waals surface area contributed by atoms with E-state index < -0.39 is 0 Å². The van der Waals surface area contributed by atoms with E-state index in [1.807, 2.05) is 15.9 Å². The minimum Gasteiger partial charge on any atom is -0.378 e. The molecule has 0 atom stereocenters. The van der Waals surface area contributed by atoms with E-state index in [9.17, 15) is 9.59 Å². The Morgan fingerprint density at radius 2 is 1.57 bits per heavy atom. The van der Waals surface area contributed by atoms with Gasteiger partial charge in [0.05, 0.1) is 19.8 Å². The third kappa shape index (κ3) is 4.47. The first-order valence-corrected chi connectivity index (χ1v) is 10.3. The van der Waals surface area contributed by atoms with Gasteiger partial charge in [0.15, 0.2) is 0 Å². The first kappa shape index (κ1) is 19.2. The number of rotatable bonds is 5. The Kier molecular flexibility index (Phi) is 5.82. The molecular weight excluding hydrogens is 356 g/mol. The van der Waals surface area contributed by atoms with Gasteiger partial charge in [-0.15, -0.1) is 0 Å². The average molecular weight is 386 g/mol. The second-order valence-corrected chi connectivity index (χ2v) is 8.07. The topological polar surface area (TPSA) is 65.1 Å². The van der Waals surface area contributed by atoms with Gasteiger partial charge in [-0.3, -0.25) is 9.69 Å². The molecular formula is C21H30N4O3. The maximum absolute atomic E-state index is 12.5. The number of nitrogens with one attached hydrogen (secondary N) is 1. The Bertz CT molecular complexity index is 678. The van der Waals surface area contributed by atoms with Crippen molar-refractivity contribution in [3.63, 3.8) is 0 Å². The summed E-state index contributed by atoms with van der Waals surface area (Å²) in [6.07, 6.45) is 2.28. The smallest absolute Gasteiger partial charge is 0.320 e. The van der Waals surface area contributed by atoms with E-state index >= 15 is 0 Å². The molecule has 0 aromatic heterocycles. The van der Waals surface area contributed by atoms with Gasteiger partial charge in [0, 0.05) is 51.2 Å². The molecule has 4 rings (SSSR count). The van der Waals surface area contributed by atoms with Crippen molar-refractivity contribution in [2.24, 2.45) is 0 Å². The molecule has 0 unspecified atom stereocenters. The number of amides is 3. The van der Waals surface area contributed by atoms with E-state index in [1.165, 1.54) is 5.56 Å². The minimum absolute atomic E-state index is 0.0789. The van der Waals surface area contributed by atoms with Gasteiger partial charge in [0.25, 0.3) is 0 Å². The van der Waals surface area contributed by atoms with E-state index in [-0.39, 0.29) is 17.4 Å². The summed E-state index contributed by atoms with van der Waals surface area (Å²) in [5, 5.41) is 3.13. The van der Waals surface area contributed by atoms with Gasteiger partial charge in [0.2, 0.25) is 5.91 Å². The van der Waals surface area contributed by atoms with Crippen LogP contribution in [0.5, 0.6) is 0 Å². The summed E-state index contributed by atoms with van der Waals surface area (Å²) in [5.74, 6) is 0.0789. The van der Waals surface area contributed by atoms with Crippen LogP contribution in [0.2, 0.25) is 0 Å². The van der Waals surface area contributed by atoms with Crippen molar-refractivity contribution in [2.45, 2.75) is 18.3 Å². The van der Waals surface area contributed by atoms with Crippen LogP contribution in [-0.2, 0) is 14.9 Å². The zero-order valence-corrected chi connectivity index (χ0v) is 16.4. The molecule has 1 aromatic rings. The third-order valence-electron chi connectivity index (χ3n) is 6.16. The highest BCUT2D eigenvalue weighted by molar-refractivity contribution is 5.78. The number of morpholine rings is 1. The predicted octanol–water partition coefficient (Wildman–Crippen LogP) is 0.904. The van der Waals surface area contributed by atoms with Gasteiger partial charge in [-0.25, -0.2) is 4.79 Å². The van der Waals surface area contributed by atoms with Gasteiger partial charge in [0.1, 0.15) is 0 Å². The Balaban J connectivity index is 1.19. The van der Waals surface area contributed by atoms with Crippen molar-refractivity contribution < 1.29 is 14.3 Å². The lowest BCUT2D eigenvalue weighted by Gasteiger charge is -2.38. The highest BCUT2D eigenvalue weighted by Gasteiger charge is 2.44. The number of urea groups is 1. The Morgan fingerprint density at radius 1 is 0.929 bits per heavy atom. The lowest BCUT2D eigenvalue weighted by molar-refractivity contribution is -0.122. The van der Waals surface area contributed by atoms with E-state index in [0.29, 0.717) is 52.5 Å². The second kappa shape index (κ2) is 8.49. The predicted molar refractivity (Wildman–Crippen MR) is 106 cm³/mol. The molecule has 1 N–H and O–H groups in total. The average Bonchev–Trinajstić information content (AvgIpc) is 3.55. The summed E-state index contributed by atoms with van der Waals surface area (Å²) in [5.41, 5.74) is 1.46. The number of benzene rings is 1. The first-order chi connectivity index (χ1) is 13.7. The maximum atomic E-state index is 12.5. The highest BCUT2D eigenvalue weighted by Crippen LogP contribution is 2.47. The van der Waals surface area contributed by atoms with Gasteiger partial charge in [-0.2, -0.15) is 0 Å². The number of piperazine rings is 1. The second-order valence-electron chi connectivity index (χ2n) is 8.07. The summed E-state index contributed by atoms with van der Waals surface area (Å²) in [4.78, 5) is 30.9. The van der Waals surface area contributed by atoms with E-state index in [0.717, 1.165) is 25.9 Å². The van der Waals surface area contributed by atoms with Crippen molar-refractivity contribution >= 4 is 11.9 Å². The molecule has 28 heavy (non-hydrogen) atoms. The lowest BCUT2D eigenvalue weighted by atomic mass is 9.96. The summed E-state index contributed by atoms with van der Waals surface area (Å²) in [6, 6.07) is 10.6. The summed E-state index contributed by atoms with van der Waals surface area (Å²) >= 11 is 0. The Hall–Kier alpha value is -2.12. The van der Waals surface area contributed by atoms with Crippen molar-refractivity contribution in [2.75, 3.05) is 65.6 Å². The molecule has 3 aliphatic rings. The van der Waals surface area contributed by atoms with Crippen LogP contribution < -0.4 is 5.32 Å². The maximum Gasteiger partial charge on any atom is 0.320 e. The fraction of sp³-hybridized carbons (Fsp3) is 0.619. The number of carbonyl (C=O) groups is 2. The van der Waals surface area contributed by atoms with E-state index in [2.05, 4.69) is 34.5 Å². The van der Waals surface area contributed by atoms with E-state index in [1.54, 1.807) is 0 Å². The SMILES string of the molecule is O=C(CN1CCN(C(=O)N2CCOCC2)CC1)NCC1(c2ccccc2)CC1. The fourth-order valence-electron chi connectivity index (χ4n) is 4.09. The molecule has 2 aliphatic heterocycles. The van der Waals surface area contributed by atoms with Crippen molar-refractivity contribution in [1.82, 2.24) is 20.0 Å². The molecule has 3 fully saturated rings. The first-order valence-electron chi connectivity index (χ1n) is 10.3. The number of nitrogens with zero attached hydrogens (tertiary/aromatic N) is 3. The van der Waals surface area contributed by atoms with Crippen LogP contribution in [0.15, 0.2) is 30.3 Å². The quantitative estimate of drug-likeness (QED) is 0.817. The van der Waals surface area contributed by atoms with Crippen molar-refractivity contribution in [3.05, 3.63) is 35.9 Å². The van der Waals surface area contributed by atoms with Gasteiger partial charge >= 0.3 is 6.03 Å². The molecule has 1 aliphatic carbocycles. The fourth-order valence-corrected chi connectivity index (χ4v) is 4.09. The highest BCUT2D eigenvalue weighted by atomic mass is 16.5. The molecule has 7 nitrogen and oxygen atoms in total. The van der Waals surface area contributed by atoms with E-state index in [4.69, 9.17) is 4.74 Å². The van der Waals surface area contributed by atoms with Crippen LogP contribution >= 0.6 is 0 Å². The van der Waals surface area contributed by atoms with Crippen molar-refractivity contribution in [3.8, 4) is 0 Å². The van der Waals surface area contributed by atoms with Gasteiger partial charge in [-0.1, -0.05) is 30.3 Å². The van der Waals surface area contributed by atoms with Crippen LogP contribution in [0.1, 0.15) is 18.4 Å². The number of hydrogen-bond acceptors (Lipinski definition) is 4. The van der Waals surface area contributed by atoms with Crippen molar-refractivity contribution in [1.29, 1.82) is 0 Å². The Labute approximate surface area is 166 Å². The van der Waals surface area contributed by atoms with Gasteiger partial charge in [-0.05, 0) is 18.4 Å². The molecule has 7 heteroatoms. The molecule has 0 radical (unpaired) electrons. The molecule has 152 valence electrons. The summed E-state index contributed by atoms with van der Waals surface area (Å²) < 4.78 is 5.31. The van der Waals surface area contributed by atoms with Crippen LogP contribution in [-0.4, -0.2) is 92.2 Å². The summed E-state index contributed by atoms with van der Waals surface area (Å²) in [6.45, 7) is 6.55. The monoisotopic (exact) mass is 386 g/mol. The lowest BCUT2D eigenvalue weighted by Crippen LogP contribution is -2.55. The summed E-state index contributed by atoms with van der Waals surface area (Å²) in [7, 11) is 0. The minimum atomic E-state index is 0.0789. The van der Waals surface area contributed by atoms with Gasteiger partial charge < -0.3 is 19.9 Å². The normalized spacial score (nSPS) is 22.0.